The number of nitrogens with zero attached hydrogens (tertiary/aromatic N) is 2. The Labute approximate surface area is 104 Å². The molecule has 1 heterocycles. The van der Waals surface area contributed by atoms with Crippen LogP contribution in [0.25, 0.3) is 11.3 Å². The molecule has 0 radical (unpaired) electrons. The number of non-ortho nitro benzene ring substituents is 1. The van der Waals surface area contributed by atoms with E-state index in [4.69, 9.17) is 10.3 Å². The number of aromatic nitrogens is 1. The molecule has 0 atom stereocenters. The van der Waals surface area contributed by atoms with Gasteiger partial charge in [0.2, 0.25) is 0 Å². The van der Waals surface area contributed by atoms with Crippen molar-refractivity contribution in [3.63, 3.8) is 0 Å². The first-order valence-corrected chi connectivity index (χ1v) is 5.50. The first-order valence-electron chi connectivity index (χ1n) is 5.50. The molecule has 0 aliphatic rings. The highest BCUT2D eigenvalue weighted by Gasteiger charge is 2.19. The molecule has 0 amide bonds. The second-order valence-electron chi connectivity index (χ2n) is 4.27. The van der Waals surface area contributed by atoms with Crippen LogP contribution in [0.4, 0.5) is 11.5 Å². The fourth-order valence-corrected chi connectivity index (χ4v) is 1.84. The Morgan fingerprint density at radius 2 is 2.17 bits per heavy atom. The molecule has 1 aromatic heterocycles. The zero-order chi connectivity index (χ0) is 13.3. The third kappa shape index (κ3) is 2.04. The Hall–Kier alpha value is -2.37. The van der Waals surface area contributed by atoms with E-state index < -0.39 is 4.92 Å². The minimum absolute atomic E-state index is 0.0113. The van der Waals surface area contributed by atoms with Crippen LogP contribution in [-0.2, 0) is 0 Å². The van der Waals surface area contributed by atoms with Crippen molar-refractivity contribution in [1.29, 1.82) is 0 Å². The summed E-state index contributed by atoms with van der Waals surface area (Å²) < 4.78 is 5.18. The van der Waals surface area contributed by atoms with Gasteiger partial charge in [0.1, 0.15) is 0 Å². The highest BCUT2D eigenvalue weighted by atomic mass is 16.6. The van der Waals surface area contributed by atoms with Crippen LogP contribution in [0, 0.1) is 10.1 Å². The number of rotatable bonds is 3. The SMILES string of the molecule is CC(C)c1c(N)noc1-c1cccc([N+](=O)[O-])c1. The smallest absolute Gasteiger partial charge is 0.270 e. The molecule has 2 N–H and O–H groups in total. The minimum atomic E-state index is -0.446. The van der Waals surface area contributed by atoms with Gasteiger partial charge in [-0.2, -0.15) is 0 Å². The van der Waals surface area contributed by atoms with Gasteiger partial charge in [0.25, 0.3) is 5.69 Å². The van der Waals surface area contributed by atoms with Gasteiger partial charge in [-0.05, 0) is 5.92 Å². The van der Waals surface area contributed by atoms with Crippen LogP contribution in [0.5, 0.6) is 0 Å². The van der Waals surface area contributed by atoms with Gasteiger partial charge in [-0.15, -0.1) is 0 Å². The van der Waals surface area contributed by atoms with Crippen molar-refractivity contribution in [3.05, 3.63) is 39.9 Å². The lowest BCUT2D eigenvalue weighted by molar-refractivity contribution is -0.384. The monoisotopic (exact) mass is 247 g/mol. The van der Waals surface area contributed by atoms with E-state index in [1.54, 1.807) is 12.1 Å². The summed E-state index contributed by atoms with van der Waals surface area (Å²) in [6.45, 7) is 3.92. The molecule has 2 aromatic rings. The second-order valence-corrected chi connectivity index (χ2v) is 4.27. The van der Waals surface area contributed by atoms with Crippen LogP contribution in [-0.4, -0.2) is 10.1 Å². The topological polar surface area (TPSA) is 95.2 Å². The maximum absolute atomic E-state index is 10.7. The zero-order valence-electron chi connectivity index (χ0n) is 10.1. The summed E-state index contributed by atoms with van der Waals surface area (Å²) in [4.78, 5) is 10.3. The molecule has 0 saturated heterocycles. The fraction of sp³-hybridized carbons (Fsp3) is 0.250. The highest BCUT2D eigenvalue weighted by Crippen LogP contribution is 2.34. The van der Waals surface area contributed by atoms with Gasteiger partial charge in [0.15, 0.2) is 11.6 Å². The van der Waals surface area contributed by atoms with Crippen molar-refractivity contribution in [3.8, 4) is 11.3 Å². The maximum Gasteiger partial charge on any atom is 0.270 e. The first-order chi connectivity index (χ1) is 8.50. The molecule has 0 saturated carbocycles. The Balaban J connectivity index is 2.55. The first kappa shape index (κ1) is 12.1. The molecule has 0 fully saturated rings. The summed E-state index contributed by atoms with van der Waals surface area (Å²) in [5, 5.41) is 14.5. The van der Waals surface area contributed by atoms with E-state index in [1.165, 1.54) is 12.1 Å². The third-order valence-electron chi connectivity index (χ3n) is 2.65. The van der Waals surface area contributed by atoms with Crippen LogP contribution < -0.4 is 5.73 Å². The van der Waals surface area contributed by atoms with Gasteiger partial charge < -0.3 is 10.3 Å². The van der Waals surface area contributed by atoms with Crippen molar-refractivity contribution in [2.75, 3.05) is 5.73 Å². The Morgan fingerprint density at radius 3 is 2.78 bits per heavy atom. The summed E-state index contributed by atoms with van der Waals surface area (Å²) >= 11 is 0. The lowest BCUT2D eigenvalue weighted by Crippen LogP contribution is -1.95. The summed E-state index contributed by atoms with van der Waals surface area (Å²) in [6.07, 6.45) is 0. The van der Waals surface area contributed by atoms with E-state index in [0.717, 1.165) is 5.56 Å². The van der Waals surface area contributed by atoms with Crippen LogP contribution >= 0.6 is 0 Å². The second kappa shape index (κ2) is 4.48. The number of nitro benzene ring substituents is 1. The number of hydrogen-bond donors (Lipinski definition) is 1. The number of anilines is 1. The summed E-state index contributed by atoms with van der Waals surface area (Å²) in [5.74, 6) is 0.947. The van der Waals surface area contributed by atoms with Gasteiger partial charge in [-0.1, -0.05) is 31.1 Å². The average molecular weight is 247 g/mol. The van der Waals surface area contributed by atoms with Crippen molar-refractivity contribution >= 4 is 11.5 Å². The van der Waals surface area contributed by atoms with Crippen LogP contribution in [0.3, 0.4) is 0 Å². The quantitative estimate of drug-likeness (QED) is 0.664. The molecule has 0 aliphatic heterocycles. The van der Waals surface area contributed by atoms with Crippen molar-refractivity contribution in [1.82, 2.24) is 5.16 Å². The molecule has 0 unspecified atom stereocenters. The van der Waals surface area contributed by atoms with E-state index in [0.29, 0.717) is 17.1 Å². The number of nitrogen functional groups attached to an aromatic ring is 1. The van der Waals surface area contributed by atoms with Gasteiger partial charge in [0.05, 0.1) is 4.92 Å². The minimum Gasteiger partial charge on any atom is -0.381 e. The number of hydrogen-bond acceptors (Lipinski definition) is 5. The summed E-state index contributed by atoms with van der Waals surface area (Å²) in [5.41, 5.74) is 7.13. The largest absolute Gasteiger partial charge is 0.381 e. The predicted octanol–water partition coefficient (Wildman–Crippen LogP) is 2.96. The van der Waals surface area contributed by atoms with Crippen LogP contribution in [0.1, 0.15) is 25.3 Å². The van der Waals surface area contributed by atoms with Crippen molar-refractivity contribution < 1.29 is 9.45 Å². The molecule has 6 nitrogen and oxygen atoms in total. The molecular formula is C12H13N3O3. The van der Waals surface area contributed by atoms with Crippen molar-refractivity contribution in [2.45, 2.75) is 19.8 Å². The molecule has 18 heavy (non-hydrogen) atoms. The highest BCUT2D eigenvalue weighted by molar-refractivity contribution is 5.68. The van der Waals surface area contributed by atoms with E-state index in [-0.39, 0.29) is 11.6 Å². The van der Waals surface area contributed by atoms with Gasteiger partial charge >= 0.3 is 0 Å². The fourth-order valence-electron chi connectivity index (χ4n) is 1.84. The molecule has 0 spiro atoms. The predicted molar refractivity (Wildman–Crippen MR) is 67.1 cm³/mol. The molecule has 0 aliphatic carbocycles. The summed E-state index contributed by atoms with van der Waals surface area (Å²) in [7, 11) is 0. The number of nitrogens with two attached hydrogens (primary N) is 1. The van der Waals surface area contributed by atoms with Crippen LogP contribution in [0.2, 0.25) is 0 Å². The zero-order valence-corrected chi connectivity index (χ0v) is 10.1. The van der Waals surface area contributed by atoms with Crippen molar-refractivity contribution in [2.24, 2.45) is 0 Å². The maximum atomic E-state index is 10.7. The van der Waals surface area contributed by atoms with E-state index >= 15 is 0 Å². The average Bonchev–Trinajstić information content (AvgIpc) is 2.71. The van der Waals surface area contributed by atoms with E-state index in [1.807, 2.05) is 13.8 Å². The molecular weight excluding hydrogens is 234 g/mol. The molecule has 94 valence electrons. The standard InChI is InChI=1S/C12H13N3O3/c1-7(2)10-11(18-14-12(10)13)8-4-3-5-9(6-8)15(16)17/h3-7H,1-2H3,(H2,13,14). The number of nitro groups is 1. The normalized spacial score (nSPS) is 10.8. The van der Waals surface area contributed by atoms with E-state index in [2.05, 4.69) is 5.16 Å². The molecule has 2 rings (SSSR count). The lowest BCUT2D eigenvalue weighted by Gasteiger charge is -2.05. The lowest BCUT2D eigenvalue weighted by atomic mass is 9.99. The molecule has 6 heteroatoms. The third-order valence-corrected chi connectivity index (χ3v) is 2.65. The number of benzene rings is 1. The Bertz CT molecular complexity index is 590. The van der Waals surface area contributed by atoms with Gasteiger partial charge in [0, 0.05) is 23.3 Å². The van der Waals surface area contributed by atoms with Gasteiger partial charge in [-0.25, -0.2) is 0 Å². The molecule has 0 bridgehead atoms. The Kier molecular flexibility index (Phi) is 3.01. The van der Waals surface area contributed by atoms with E-state index in [9.17, 15) is 10.1 Å². The van der Waals surface area contributed by atoms with Gasteiger partial charge in [-0.3, -0.25) is 10.1 Å². The molecule has 1 aromatic carbocycles. The summed E-state index contributed by atoms with van der Waals surface area (Å²) in [6, 6.07) is 6.22. The Morgan fingerprint density at radius 1 is 1.44 bits per heavy atom. The van der Waals surface area contributed by atoms with Crippen LogP contribution in [0.15, 0.2) is 28.8 Å².